The SMILES string of the molecule is CCCC(CC)N(NC(CC)CC)C(=O)OCc1ccccc1. The Morgan fingerprint density at radius 3 is 2.26 bits per heavy atom. The second-order valence-electron chi connectivity index (χ2n) is 5.90. The van der Waals surface area contributed by atoms with Crippen molar-refractivity contribution in [2.45, 2.75) is 78.5 Å². The lowest BCUT2D eigenvalue weighted by atomic mass is 10.1. The maximum Gasteiger partial charge on any atom is 0.424 e. The van der Waals surface area contributed by atoms with Gasteiger partial charge in [-0.3, -0.25) is 0 Å². The van der Waals surface area contributed by atoms with Gasteiger partial charge in [0.15, 0.2) is 0 Å². The number of rotatable bonds is 10. The number of nitrogens with zero attached hydrogens (tertiary/aromatic N) is 1. The molecule has 0 fully saturated rings. The highest BCUT2D eigenvalue weighted by atomic mass is 16.6. The summed E-state index contributed by atoms with van der Waals surface area (Å²) in [6, 6.07) is 10.3. The van der Waals surface area contributed by atoms with Crippen LogP contribution >= 0.6 is 0 Å². The van der Waals surface area contributed by atoms with Gasteiger partial charge in [-0.05, 0) is 31.2 Å². The average Bonchev–Trinajstić information content (AvgIpc) is 2.60. The first-order valence-corrected chi connectivity index (χ1v) is 8.92. The van der Waals surface area contributed by atoms with Gasteiger partial charge in [0.1, 0.15) is 6.61 Å². The molecule has 4 heteroatoms. The van der Waals surface area contributed by atoms with Crippen molar-refractivity contribution in [3.63, 3.8) is 0 Å². The van der Waals surface area contributed by atoms with Crippen LogP contribution in [-0.4, -0.2) is 23.2 Å². The highest BCUT2D eigenvalue weighted by Gasteiger charge is 2.25. The average molecular weight is 320 g/mol. The summed E-state index contributed by atoms with van der Waals surface area (Å²) in [6.07, 6.45) is 4.64. The zero-order valence-corrected chi connectivity index (χ0v) is 15.0. The molecule has 1 atom stereocenters. The molecule has 0 aliphatic carbocycles. The fraction of sp³-hybridized carbons (Fsp3) is 0.632. The fourth-order valence-electron chi connectivity index (χ4n) is 2.61. The summed E-state index contributed by atoms with van der Waals surface area (Å²) in [4.78, 5) is 12.6. The van der Waals surface area contributed by atoms with Crippen LogP contribution < -0.4 is 5.43 Å². The molecule has 0 bridgehead atoms. The van der Waals surface area contributed by atoms with E-state index in [0.29, 0.717) is 12.6 Å². The maximum atomic E-state index is 12.6. The summed E-state index contributed by atoms with van der Waals surface area (Å²) in [5, 5.41) is 1.73. The molecule has 0 heterocycles. The zero-order chi connectivity index (χ0) is 17.1. The summed E-state index contributed by atoms with van der Waals surface area (Å²) in [6.45, 7) is 8.84. The summed E-state index contributed by atoms with van der Waals surface area (Å²) in [5.41, 5.74) is 4.39. The molecule has 0 radical (unpaired) electrons. The first-order chi connectivity index (χ1) is 11.2. The van der Waals surface area contributed by atoms with Crippen LogP contribution in [0.1, 0.15) is 65.4 Å². The predicted molar refractivity (Wildman–Crippen MR) is 95.0 cm³/mol. The highest BCUT2D eigenvalue weighted by molar-refractivity contribution is 5.67. The van der Waals surface area contributed by atoms with Gasteiger partial charge in [-0.25, -0.2) is 15.2 Å². The van der Waals surface area contributed by atoms with Crippen molar-refractivity contribution in [2.24, 2.45) is 0 Å². The van der Waals surface area contributed by atoms with E-state index in [2.05, 4.69) is 33.1 Å². The molecule has 1 aromatic rings. The van der Waals surface area contributed by atoms with Crippen molar-refractivity contribution in [2.75, 3.05) is 0 Å². The molecule has 0 spiro atoms. The summed E-state index contributed by atoms with van der Waals surface area (Å²) >= 11 is 0. The lowest BCUT2D eigenvalue weighted by molar-refractivity contribution is 0.0425. The summed E-state index contributed by atoms with van der Waals surface area (Å²) < 4.78 is 5.53. The quantitative estimate of drug-likeness (QED) is 0.624. The van der Waals surface area contributed by atoms with E-state index in [9.17, 15) is 4.79 Å². The van der Waals surface area contributed by atoms with Crippen LogP contribution in [0.3, 0.4) is 0 Å². The van der Waals surface area contributed by atoms with Gasteiger partial charge in [-0.15, -0.1) is 0 Å². The van der Waals surface area contributed by atoms with Gasteiger partial charge < -0.3 is 4.74 Å². The van der Waals surface area contributed by atoms with Crippen LogP contribution in [0.5, 0.6) is 0 Å². The summed E-state index contributed by atoms with van der Waals surface area (Å²) in [5.74, 6) is 0. The number of amides is 1. The number of hydrogen-bond donors (Lipinski definition) is 1. The smallest absolute Gasteiger partial charge is 0.424 e. The van der Waals surface area contributed by atoms with E-state index in [1.807, 2.05) is 30.3 Å². The topological polar surface area (TPSA) is 41.6 Å². The Labute approximate surface area is 141 Å². The molecular weight excluding hydrogens is 288 g/mol. The Morgan fingerprint density at radius 1 is 1.09 bits per heavy atom. The van der Waals surface area contributed by atoms with Crippen molar-refractivity contribution in [3.8, 4) is 0 Å². The van der Waals surface area contributed by atoms with Crippen molar-refractivity contribution < 1.29 is 9.53 Å². The Bertz CT molecular complexity index is 432. The standard InChI is InChI=1S/C19H32N2O2/c1-5-12-18(8-4)21(20-17(6-2)7-3)19(22)23-15-16-13-10-9-11-14-16/h9-11,13-14,17-18,20H,5-8,12,15H2,1-4H3. The van der Waals surface area contributed by atoms with E-state index >= 15 is 0 Å². The number of nitrogens with one attached hydrogen (secondary N) is 1. The van der Waals surface area contributed by atoms with Crippen LogP contribution in [0.2, 0.25) is 0 Å². The molecule has 23 heavy (non-hydrogen) atoms. The zero-order valence-electron chi connectivity index (χ0n) is 15.0. The molecule has 1 unspecified atom stereocenters. The van der Waals surface area contributed by atoms with Crippen LogP contribution in [0.25, 0.3) is 0 Å². The Morgan fingerprint density at radius 2 is 1.74 bits per heavy atom. The highest BCUT2D eigenvalue weighted by Crippen LogP contribution is 2.13. The molecule has 0 aliphatic rings. The van der Waals surface area contributed by atoms with Gasteiger partial charge in [-0.1, -0.05) is 64.4 Å². The van der Waals surface area contributed by atoms with Crippen LogP contribution in [0.4, 0.5) is 4.79 Å². The lowest BCUT2D eigenvalue weighted by Gasteiger charge is -2.33. The second-order valence-corrected chi connectivity index (χ2v) is 5.90. The van der Waals surface area contributed by atoms with E-state index in [4.69, 9.17) is 4.74 Å². The van der Waals surface area contributed by atoms with E-state index < -0.39 is 0 Å². The minimum absolute atomic E-state index is 0.170. The van der Waals surface area contributed by atoms with Gasteiger partial charge in [0.2, 0.25) is 0 Å². The van der Waals surface area contributed by atoms with Crippen molar-refractivity contribution in [3.05, 3.63) is 35.9 Å². The van der Waals surface area contributed by atoms with Crippen LogP contribution in [0, 0.1) is 0 Å². The largest absolute Gasteiger partial charge is 0.444 e. The molecule has 0 aromatic heterocycles. The van der Waals surface area contributed by atoms with E-state index in [-0.39, 0.29) is 12.1 Å². The minimum Gasteiger partial charge on any atom is -0.444 e. The molecule has 0 saturated heterocycles. The number of carbonyl (C=O) groups excluding carboxylic acids is 1. The third-order valence-electron chi connectivity index (χ3n) is 4.17. The van der Waals surface area contributed by atoms with E-state index in [1.165, 1.54) is 0 Å². The Kier molecular flexibility index (Phi) is 9.37. The molecule has 1 aromatic carbocycles. The molecule has 1 N–H and O–H groups in total. The number of hydrazine groups is 1. The Balaban J connectivity index is 2.73. The van der Waals surface area contributed by atoms with Crippen LogP contribution in [-0.2, 0) is 11.3 Å². The monoisotopic (exact) mass is 320 g/mol. The minimum atomic E-state index is -0.277. The molecule has 1 rings (SSSR count). The first-order valence-electron chi connectivity index (χ1n) is 8.92. The van der Waals surface area contributed by atoms with Gasteiger partial charge in [0.05, 0.1) is 6.04 Å². The van der Waals surface area contributed by atoms with Crippen molar-refractivity contribution in [1.82, 2.24) is 10.4 Å². The number of ether oxygens (including phenoxy) is 1. The molecule has 0 saturated carbocycles. The molecule has 130 valence electrons. The number of carbonyl (C=O) groups is 1. The van der Waals surface area contributed by atoms with E-state index in [1.54, 1.807) is 5.01 Å². The fourth-order valence-corrected chi connectivity index (χ4v) is 2.61. The molecular formula is C19H32N2O2. The Hall–Kier alpha value is -1.55. The van der Waals surface area contributed by atoms with Gasteiger partial charge in [0.25, 0.3) is 0 Å². The van der Waals surface area contributed by atoms with Gasteiger partial charge in [0, 0.05) is 6.04 Å². The number of benzene rings is 1. The molecule has 0 aliphatic heterocycles. The van der Waals surface area contributed by atoms with Crippen molar-refractivity contribution >= 4 is 6.09 Å². The normalized spacial score (nSPS) is 12.2. The van der Waals surface area contributed by atoms with Gasteiger partial charge >= 0.3 is 6.09 Å². The third-order valence-corrected chi connectivity index (χ3v) is 4.17. The molecule has 4 nitrogen and oxygen atoms in total. The predicted octanol–water partition coefficient (Wildman–Crippen LogP) is 4.90. The van der Waals surface area contributed by atoms with E-state index in [0.717, 1.165) is 37.7 Å². The third kappa shape index (κ3) is 6.61. The number of hydrogen-bond acceptors (Lipinski definition) is 3. The lowest BCUT2D eigenvalue weighted by Crippen LogP contribution is -2.53. The summed E-state index contributed by atoms with van der Waals surface area (Å²) in [7, 11) is 0. The second kappa shape index (κ2) is 11.1. The van der Waals surface area contributed by atoms with Gasteiger partial charge in [-0.2, -0.15) is 0 Å². The first kappa shape index (κ1) is 19.5. The van der Waals surface area contributed by atoms with Crippen LogP contribution in [0.15, 0.2) is 30.3 Å². The maximum absolute atomic E-state index is 12.6. The van der Waals surface area contributed by atoms with Crippen molar-refractivity contribution in [1.29, 1.82) is 0 Å². The molecule has 1 amide bonds.